The fourth-order valence-electron chi connectivity index (χ4n) is 2.11. The van der Waals surface area contributed by atoms with Crippen LogP contribution in [0.25, 0.3) is 0 Å². The number of aromatic nitrogens is 2. The van der Waals surface area contributed by atoms with E-state index in [1.807, 2.05) is 0 Å². The van der Waals surface area contributed by atoms with E-state index in [0.29, 0.717) is 12.5 Å². The first-order valence-electron chi connectivity index (χ1n) is 6.29. The Balaban J connectivity index is 1.68. The lowest BCUT2D eigenvalue weighted by Gasteiger charge is -2.22. The zero-order chi connectivity index (χ0) is 12.8. The average molecular weight is 251 g/mol. The van der Waals surface area contributed by atoms with Gasteiger partial charge < -0.3 is 20.4 Å². The number of ether oxygens (including phenoxy) is 1. The van der Waals surface area contributed by atoms with E-state index in [1.165, 1.54) is 0 Å². The van der Waals surface area contributed by atoms with E-state index in [9.17, 15) is 4.79 Å². The molecule has 99 valence electrons. The molecule has 1 saturated heterocycles. The Hall–Kier alpha value is -1.40. The minimum absolute atomic E-state index is 0.267. The minimum atomic E-state index is -0.513. The lowest BCUT2D eigenvalue weighted by atomic mass is 10.0. The molecule has 0 unspecified atom stereocenters. The van der Waals surface area contributed by atoms with Crippen molar-refractivity contribution in [1.82, 2.24) is 14.9 Å². The van der Waals surface area contributed by atoms with Crippen molar-refractivity contribution in [3.05, 3.63) is 18.2 Å². The van der Waals surface area contributed by atoms with Gasteiger partial charge in [0, 0.05) is 32.5 Å². The summed E-state index contributed by atoms with van der Waals surface area (Å²) in [5.74, 6) is 0.451. The van der Waals surface area contributed by atoms with Gasteiger partial charge >= 0.3 is 0 Å². The Bertz CT molecular complexity index is 385. The second-order valence-electron chi connectivity index (χ2n) is 4.51. The van der Waals surface area contributed by atoms with E-state index in [-0.39, 0.29) is 5.82 Å². The van der Waals surface area contributed by atoms with Gasteiger partial charge in [0.05, 0.1) is 0 Å². The molecule has 2 rings (SSSR count). The van der Waals surface area contributed by atoms with Gasteiger partial charge in [-0.15, -0.1) is 0 Å². The van der Waals surface area contributed by atoms with E-state index in [4.69, 9.17) is 10.5 Å². The normalized spacial score (nSPS) is 16.9. The SMILES string of the molecule is NC(=O)c1n[c]cn1CCNCC1CCOCC1. The zero-order valence-corrected chi connectivity index (χ0v) is 10.4. The molecule has 1 radical (unpaired) electrons. The lowest BCUT2D eigenvalue weighted by molar-refractivity contribution is 0.0663. The highest BCUT2D eigenvalue weighted by molar-refractivity contribution is 5.89. The molecule has 18 heavy (non-hydrogen) atoms. The molecule has 6 heteroatoms. The number of hydrogen-bond donors (Lipinski definition) is 2. The van der Waals surface area contributed by atoms with Gasteiger partial charge in [0.15, 0.2) is 5.82 Å². The second-order valence-corrected chi connectivity index (χ2v) is 4.51. The first-order chi connectivity index (χ1) is 8.77. The number of hydrogen-bond acceptors (Lipinski definition) is 4. The third kappa shape index (κ3) is 3.54. The van der Waals surface area contributed by atoms with Crippen LogP contribution in [-0.4, -0.2) is 41.8 Å². The maximum atomic E-state index is 11.0. The number of nitrogens with two attached hydrogens (primary N) is 1. The quantitative estimate of drug-likeness (QED) is 0.686. The van der Waals surface area contributed by atoms with Crippen LogP contribution in [0.4, 0.5) is 0 Å². The van der Waals surface area contributed by atoms with Crippen LogP contribution in [0.15, 0.2) is 6.20 Å². The van der Waals surface area contributed by atoms with Gasteiger partial charge in [-0.2, -0.15) is 0 Å². The Morgan fingerprint density at radius 3 is 3.11 bits per heavy atom. The molecule has 0 bridgehead atoms. The zero-order valence-electron chi connectivity index (χ0n) is 10.4. The van der Waals surface area contributed by atoms with Gasteiger partial charge in [-0.25, -0.2) is 4.98 Å². The fourth-order valence-corrected chi connectivity index (χ4v) is 2.11. The summed E-state index contributed by atoms with van der Waals surface area (Å²) >= 11 is 0. The molecule has 2 heterocycles. The van der Waals surface area contributed by atoms with Crippen molar-refractivity contribution in [3.63, 3.8) is 0 Å². The molecule has 1 aromatic heterocycles. The monoisotopic (exact) mass is 251 g/mol. The smallest absolute Gasteiger partial charge is 0.284 e. The molecule has 0 saturated carbocycles. The summed E-state index contributed by atoms with van der Waals surface area (Å²) in [5.41, 5.74) is 5.20. The molecule has 1 aliphatic heterocycles. The molecular weight excluding hydrogens is 232 g/mol. The average Bonchev–Trinajstić information content (AvgIpc) is 2.84. The summed E-state index contributed by atoms with van der Waals surface area (Å²) < 4.78 is 7.03. The largest absolute Gasteiger partial charge is 0.381 e. The number of primary amides is 1. The van der Waals surface area contributed by atoms with Crippen molar-refractivity contribution in [3.8, 4) is 0 Å². The minimum Gasteiger partial charge on any atom is -0.381 e. The van der Waals surface area contributed by atoms with Crippen molar-refractivity contribution in [1.29, 1.82) is 0 Å². The number of imidazole rings is 1. The van der Waals surface area contributed by atoms with Crippen molar-refractivity contribution in [2.24, 2.45) is 11.7 Å². The van der Waals surface area contributed by atoms with E-state index in [1.54, 1.807) is 10.8 Å². The van der Waals surface area contributed by atoms with Crippen molar-refractivity contribution >= 4 is 5.91 Å². The van der Waals surface area contributed by atoms with Gasteiger partial charge in [-0.05, 0) is 25.3 Å². The second kappa shape index (κ2) is 6.51. The van der Waals surface area contributed by atoms with Gasteiger partial charge in [0.2, 0.25) is 0 Å². The molecule has 0 aromatic carbocycles. The molecule has 1 fully saturated rings. The van der Waals surface area contributed by atoms with Crippen molar-refractivity contribution in [2.45, 2.75) is 19.4 Å². The number of nitrogens with one attached hydrogen (secondary N) is 1. The van der Waals surface area contributed by atoms with Crippen LogP contribution in [0.5, 0.6) is 0 Å². The van der Waals surface area contributed by atoms with Crippen LogP contribution in [0.2, 0.25) is 0 Å². The van der Waals surface area contributed by atoms with Crippen molar-refractivity contribution < 1.29 is 9.53 Å². The number of nitrogens with zero attached hydrogens (tertiary/aromatic N) is 2. The fraction of sp³-hybridized carbons (Fsp3) is 0.667. The molecule has 6 nitrogen and oxygen atoms in total. The summed E-state index contributed by atoms with van der Waals surface area (Å²) in [6, 6.07) is 0. The molecule has 0 spiro atoms. The molecule has 0 aliphatic carbocycles. The van der Waals surface area contributed by atoms with Crippen LogP contribution >= 0.6 is 0 Å². The molecule has 3 N–H and O–H groups in total. The number of rotatable bonds is 6. The van der Waals surface area contributed by atoms with Gasteiger partial charge in [-0.1, -0.05) is 0 Å². The third-order valence-electron chi connectivity index (χ3n) is 3.18. The first kappa shape index (κ1) is 13.0. The van der Waals surface area contributed by atoms with Crippen LogP contribution in [0.3, 0.4) is 0 Å². The predicted molar refractivity (Wildman–Crippen MR) is 66.0 cm³/mol. The summed E-state index contributed by atoms with van der Waals surface area (Å²) in [7, 11) is 0. The molecular formula is C12H19N4O2. The van der Waals surface area contributed by atoms with Crippen LogP contribution in [-0.2, 0) is 11.3 Å². The summed E-state index contributed by atoms with van der Waals surface area (Å²) in [4.78, 5) is 14.9. The van der Waals surface area contributed by atoms with E-state index in [2.05, 4.69) is 16.5 Å². The molecule has 1 aromatic rings. The molecule has 1 aliphatic rings. The highest BCUT2D eigenvalue weighted by Crippen LogP contribution is 2.12. The topological polar surface area (TPSA) is 82.2 Å². The third-order valence-corrected chi connectivity index (χ3v) is 3.18. The van der Waals surface area contributed by atoms with Crippen LogP contribution < -0.4 is 11.1 Å². The lowest BCUT2D eigenvalue weighted by Crippen LogP contribution is -2.30. The van der Waals surface area contributed by atoms with Gasteiger partial charge in [0.25, 0.3) is 5.91 Å². The van der Waals surface area contributed by atoms with Crippen LogP contribution in [0.1, 0.15) is 23.5 Å². The van der Waals surface area contributed by atoms with Gasteiger partial charge in [0.1, 0.15) is 6.20 Å². The van der Waals surface area contributed by atoms with E-state index >= 15 is 0 Å². The summed E-state index contributed by atoms with van der Waals surface area (Å²) in [6.45, 7) is 4.21. The first-order valence-corrected chi connectivity index (χ1v) is 6.29. The maximum absolute atomic E-state index is 11.0. The summed E-state index contributed by atoms with van der Waals surface area (Å²) in [6.07, 6.45) is 6.53. The Morgan fingerprint density at radius 1 is 1.61 bits per heavy atom. The predicted octanol–water partition coefficient (Wildman–Crippen LogP) is -0.202. The number of amides is 1. The molecule has 0 atom stereocenters. The van der Waals surface area contributed by atoms with Gasteiger partial charge in [-0.3, -0.25) is 4.79 Å². The van der Waals surface area contributed by atoms with Crippen molar-refractivity contribution in [2.75, 3.05) is 26.3 Å². The van der Waals surface area contributed by atoms with E-state index < -0.39 is 5.91 Å². The Labute approximate surface area is 107 Å². The highest BCUT2D eigenvalue weighted by Gasteiger charge is 2.13. The van der Waals surface area contributed by atoms with Crippen LogP contribution in [0, 0.1) is 12.1 Å². The summed E-state index contributed by atoms with van der Waals surface area (Å²) in [5, 5.41) is 3.39. The Kier molecular flexibility index (Phi) is 4.72. The maximum Gasteiger partial charge on any atom is 0.284 e. The number of carbonyl (C=O) groups excluding carboxylic acids is 1. The highest BCUT2D eigenvalue weighted by atomic mass is 16.5. The van der Waals surface area contributed by atoms with E-state index in [0.717, 1.165) is 39.1 Å². The standard InChI is InChI=1S/C12H19N4O2/c13-11(17)12-15-4-6-16(12)5-3-14-9-10-1-7-18-8-2-10/h6,10,14H,1-3,5,7-9H2,(H2,13,17). The Morgan fingerprint density at radius 2 is 2.39 bits per heavy atom. The molecule has 1 amide bonds. The number of carbonyl (C=O) groups is 1.